The first kappa shape index (κ1) is 15.2. The van der Waals surface area contributed by atoms with Gasteiger partial charge in [0.25, 0.3) is 5.91 Å². The number of amides is 1. The Hall–Kier alpha value is 0.130. The second-order valence-electron chi connectivity index (χ2n) is 3.87. The first-order chi connectivity index (χ1) is 8.06. The highest BCUT2D eigenvalue weighted by Crippen LogP contribution is 2.18. The van der Waals surface area contributed by atoms with Gasteiger partial charge in [-0.05, 0) is 24.6 Å². The third-order valence-corrected chi connectivity index (χ3v) is 5.29. The molecule has 0 saturated carbocycles. The van der Waals surface area contributed by atoms with Crippen LogP contribution in [-0.4, -0.2) is 22.1 Å². The Morgan fingerprint density at radius 1 is 1.35 bits per heavy atom. The number of carbonyl (C=O) groups is 1. The molecule has 17 heavy (non-hydrogen) atoms. The Labute approximate surface area is 127 Å². The summed E-state index contributed by atoms with van der Waals surface area (Å²) < 4.78 is 0.907. The van der Waals surface area contributed by atoms with Crippen molar-refractivity contribution in [3.63, 3.8) is 0 Å². The van der Waals surface area contributed by atoms with Crippen LogP contribution in [0.15, 0.2) is 28.7 Å². The van der Waals surface area contributed by atoms with E-state index in [-0.39, 0.29) is 11.4 Å². The third-order valence-electron chi connectivity index (χ3n) is 2.65. The minimum atomic E-state index is -0.237. The summed E-state index contributed by atoms with van der Waals surface area (Å²) >= 11 is 10.3. The van der Waals surface area contributed by atoms with E-state index in [1.54, 1.807) is 0 Å². The molecule has 0 fully saturated rings. The molecule has 0 atom stereocenters. The highest BCUT2D eigenvalue weighted by molar-refractivity contribution is 9.10. The Bertz CT molecular complexity index is 383. The lowest BCUT2D eigenvalue weighted by molar-refractivity contribution is 0.0915. The highest BCUT2D eigenvalue weighted by Gasteiger charge is 2.27. The first-order valence-corrected chi connectivity index (χ1v) is 8.30. The maximum atomic E-state index is 12.1. The van der Waals surface area contributed by atoms with Crippen LogP contribution >= 0.6 is 47.8 Å². The van der Waals surface area contributed by atoms with Crippen LogP contribution in [0.5, 0.6) is 0 Å². The molecule has 0 unspecified atom stereocenters. The van der Waals surface area contributed by atoms with Crippen molar-refractivity contribution in [3.8, 4) is 0 Å². The molecule has 0 saturated heterocycles. The average Bonchev–Trinajstić information content (AvgIpc) is 2.36. The zero-order chi connectivity index (χ0) is 12.9. The fourth-order valence-corrected chi connectivity index (χ4v) is 3.72. The molecule has 1 aromatic carbocycles. The fraction of sp³-hybridized carbons (Fsp3) is 0.417. The quantitative estimate of drug-likeness (QED) is 0.704. The van der Waals surface area contributed by atoms with Gasteiger partial charge in [0.15, 0.2) is 0 Å². The largest absolute Gasteiger partial charge is 0.345 e. The minimum Gasteiger partial charge on any atom is -0.345 e. The van der Waals surface area contributed by atoms with Gasteiger partial charge in [0, 0.05) is 20.7 Å². The minimum absolute atomic E-state index is 0.0490. The molecule has 0 spiro atoms. The third kappa shape index (κ3) is 4.07. The molecule has 0 aliphatic carbocycles. The molecular weight excluding hydrogens is 414 g/mol. The van der Waals surface area contributed by atoms with Crippen LogP contribution in [0, 0.1) is 0 Å². The van der Waals surface area contributed by atoms with Crippen LogP contribution in [0.2, 0.25) is 0 Å². The normalized spacial score (nSPS) is 11.3. The Kier molecular flexibility index (Phi) is 6.17. The second kappa shape index (κ2) is 6.90. The van der Waals surface area contributed by atoms with E-state index in [0.29, 0.717) is 5.56 Å². The van der Waals surface area contributed by atoms with E-state index in [4.69, 9.17) is 0 Å². The molecule has 0 aromatic heterocycles. The van der Waals surface area contributed by atoms with Crippen LogP contribution < -0.4 is 5.32 Å². The Morgan fingerprint density at radius 3 is 2.47 bits per heavy atom. The lowest BCUT2D eigenvalue weighted by Gasteiger charge is -2.30. The number of hydrogen-bond acceptors (Lipinski definition) is 1. The maximum Gasteiger partial charge on any atom is 0.251 e. The average molecular weight is 428 g/mol. The summed E-state index contributed by atoms with van der Waals surface area (Å²) in [6, 6.07) is 7.38. The Balaban J connectivity index is 2.84. The summed E-state index contributed by atoms with van der Waals surface area (Å²) in [5, 5.41) is 4.52. The number of rotatable bonds is 5. The van der Waals surface area contributed by atoms with Gasteiger partial charge in [-0.1, -0.05) is 60.8 Å². The summed E-state index contributed by atoms with van der Waals surface area (Å²) in [5.74, 6) is -0.0490. The summed E-state index contributed by atoms with van der Waals surface area (Å²) in [6.07, 6.45) is 0.864. The van der Waals surface area contributed by atoms with Crippen LogP contribution in [0.1, 0.15) is 23.7 Å². The second-order valence-corrected chi connectivity index (χ2v) is 5.90. The van der Waals surface area contributed by atoms with Gasteiger partial charge in [0.05, 0.1) is 5.54 Å². The summed E-state index contributed by atoms with van der Waals surface area (Å²) in [5.41, 5.74) is 0.429. The van der Waals surface area contributed by atoms with Gasteiger partial charge in [-0.25, -0.2) is 0 Å². The van der Waals surface area contributed by atoms with Crippen LogP contribution in [-0.2, 0) is 0 Å². The van der Waals surface area contributed by atoms with Crippen molar-refractivity contribution >= 4 is 53.7 Å². The summed E-state index contributed by atoms with van der Waals surface area (Å²) in [4.78, 5) is 12.1. The molecule has 1 aromatic rings. The molecule has 5 heteroatoms. The Morgan fingerprint density at radius 2 is 2.00 bits per heavy atom. The molecule has 94 valence electrons. The first-order valence-electron chi connectivity index (χ1n) is 5.27. The van der Waals surface area contributed by atoms with Gasteiger partial charge in [-0.3, -0.25) is 4.79 Å². The molecule has 0 aliphatic rings. The predicted octanol–water partition coefficient (Wildman–Crippen LogP) is 4.12. The van der Waals surface area contributed by atoms with Crippen LogP contribution in [0.3, 0.4) is 0 Å². The molecule has 0 radical (unpaired) electrons. The van der Waals surface area contributed by atoms with Crippen molar-refractivity contribution in [3.05, 3.63) is 34.3 Å². The monoisotopic (exact) mass is 425 g/mol. The molecule has 0 heterocycles. The number of carbonyl (C=O) groups excluding carboxylic acids is 1. The maximum absolute atomic E-state index is 12.1. The predicted molar refractivity (Wildman–Crippen MR) is 82.2 cm³/mol. The SMILES string of the molecule is CCC(CBr)(CBr)NC(=O)c1cccc(Br)c1. The van der Waals surface area contributed by atoms with E-state index >= 15 is 0 Å². The van der Waals surface area contributed by atoms with Gasteiger partial charge >= 0.3 is 0 Å². The number of hydrogen-bond donors (Lipinski definition) is 1. The topological polar surface area (TPSA) is 29.1 Å². The van der Waals surface area contributed by atoms with Crippen molar-refractivity contribution in [2.75, 3.05) is 10.7 Å². The number of alkyl halides is 2. The summed E-state index contributed by atoms with van der Waals surface area (Å²) in [6.45, 7) is 2.06. The van der Waals surface area contributed by atoms with Crippen LogP contribution in [0.4, 0.5) is 0 Å². The molecular formula is C12H14Br3NO. The molecule has 0 bridgehead atoms. The number of halogens is 3. The fourth-order valence-electron chi connectivity index (χ4n) is 1.32. The van der Waals surface area contributed by atoms with E-state index < -0.39 is 0 Å². The molecule has 1 N–H and O–H groups in total. The van der Waals surface area contributed by atoms with E-state index in [0.717, 1.165) is 21.6 Å². The lowest BCUT2D eigenvalue weighted by atomic mass is 10.0. The van der Waals surface area contributed by atoms with Crippen molar-refractivity contribution in [1.82, 2.24) is 5.32 Å². The smallest absolute Gasteiger partial charge is 0.251 e. The van der Waals surface area contributed by atoms with Crippen LogP contribution in [0.25, 0.3) is 0 Å². The van der Waals surface area contributed by atoms with Crippen molar-refractivity contribution in [1.29, 1.82) is 0 Å². The van der Waals surface area contributed by atoms with Gasteiger partial charge < -0.3 is 5.32 Å². The van der Waals surface area contributed by atoms with E-state index in [1.165, 1.54) is 0 Å². The standard InChI is InChI=1S/C12H14Br3NO/c1-2-12(7-13,8-14)16-11(17)9-4-3-5-10(15)6-9/h3-6H,2,7-8H2,1H3,(H,16,17). The lowest BCUT2D eigenvalue weighted by Crippen LogP contribution is -2.51. The van der Waals surface area contributed by atoms with Gasteiger partial charge in [-0.2, -0.15) is 0 Å². The molecule has 2 nitrogen and oxygen atoms in total. The molecule has 1 amide bonds. The van der Waals surface area contributed by atoms with E-state index in [9.17, 15) is 4.79 Å². The number of nitrogens with one attached hydrogen (secondary N) is 1. The van der Waals surface area contributed by atoms with Gasteiger partial charge in [0.2, 0.25) is 0 Å². The molecule has 1 rings (SSSR count). The summed E-state index contributed by atoms with van der Waals surface area (Å²) in [7, 11) is 0. The van der Waals surface area contributed by atoms with E-state index in [1.807, 2.05) is 24.3 Å². The van der Waals surface area contributed by atoms with E-state index in [2.05, 4.69) is 60.0 Å². The zero-order valence-corrected chi connectivity index (χ0v) is 14.2. The highest BCUT2D eigenvalue weighted by atomic mass is 79.9. The van der Waals surface area contributed by atoms with Gasteiger partial charge in [-0.15, -0.1) is 0 Å². The van der Waals surface area contributed by atoms with Crippen molar-refractivity contribution < 1.29 is 4.79 Å². The van der Waals surface area contributed by atoms with Gasteiger partial charge in [0.1, 0.15) is 0 Å². The molecule has 0 aliphatic heterocycles. The van der Waals surface area contributed by atoms with Crippen molar-refractivity contribution in [2.45, 2.75) is 18.9 Å². The van der Waals surface area contributed by atoms with Crippen molar-refractivity contribution in [2.24, 2.45) is 0 Å². The zero-order valence-electron chi connectivity index (χ0n) is 9.47. The number of benzene rings is 1.